The number of benzene rings is 2. The lowest BCUT2D eigenvalue weighted by Gasteiger charge is -2.33. The molecule has 19 heteroatoms. The van der Waals surface area contributed by atoms with E-state index < -0.39 is 54.6 Å². The van der Waals surface area contributed by atoms with E-state index >= 15 is 0 Å². The van der Waals surface area contributed by atoms with E-state index in [9.17, 15) is 31.5 Å². The summed E-state index contributed by atoms with van der Waals surface area (Å²) in [7, 11) is 0. The Kier molecular flexibility index (Phi) is 10.6. The van der Waals surface area contributed by atoms with Crippen LogP contribution in [0.1, 0.15) is 74.2 Å². The SMILES string of the molecule is CC(C)(C)CCNC(=N)N(C(=O)c1ccc(-n2cncn2)cc1)[C@H](COC(=O)NC1(C(F)(F)F)CC1)c1ccc(Cl)c(-n2ncnc2C(F)F)c1. The number of ether oxygens (including phenoxy) is 1. The van der Waals surface area contributed by atoms with Gasteiger partial charge in [-0.05, 0) is 66.6 Å². The van der Waals surface area contributed by atoms with Crippen LogP contribution in [0.4, 0.5) is 26.7 Å². The number of hydrogen-bond donors (Lipinski definition) is 3. The van der Waals surface area contributed by atoms with Gasteiger partial charge < -0.3 is 15.4 Å². The topological polar surface area (TPSA) is 156 Å². The molecular formula is C32H34ClF5N10O3. The quantitative estimate of drug-likeness (QED) is 0.0907. The standard InChI is InChI=1S/C32H34ClF5N10O3/c1-30(2,3)12-13-41-28(39)47(27(49)19-4-7-21(8-5-19)46-18-40-16-43-46)24(15-51-29(50)45-31(10-11-31)32(36,37)38)20-6-9-22(33)23(14-20)48-26(25(34)35)42-17-44-48/h4-9,14,16-18,24-25H,10-13,15H2,1-3H3,(H2,39,41)(H,45,50)/t24-/m1/s1. The van der Waals surface area contributed by atoms with Gasteiger partial charge in [0.25, 0.3) is 12.3 Å². The van der Waals surface area contributed by atoms with Gasteiger partial charge in [-0.1, -0.05) is 38.4 Å². The maximum Gasteiger partial charge on any atom is 0.411 e. The van der Waals surface area contributed by atoms with Crippen molar-refractivity contribution in [3.63, 3.8) is 0 Å². The van der Waals surface area contributed by atoms with Gasteiger partial charge in [0.1, 0.15) is 31.1 Å². The average Bonchev–Trinajstić information content (AvgIpc) is 3.43. The molecule has 3 N–H and O–H groups in total. The molecule has 0 spiro atoms. The summed E-state index contributed by atoms with van der Waals surface area (Å²) in [6.07, 6.45) is -5.60. The number of alkyl halides is 5. The van der Waals surface area contributed by atoms with Crippen molar-refractivity contribution >= 4 is 29.6 Å². The smallest absolute Gasteiger partial charge is 0.411 e. The van der Waals surface area contributed by atoms with Gasteiger partial charge >= 0.3 is 12.3 Å². The van der Waals surface area contributed by atoms with E-state index in [-0.39, 0.29) is 46.6 Å². The van der Waals surface area contributed by atoms with Crippen molar-refractivity contribution in [2.45, 2.75) is 64.2 Å². The third-order valence-corrected chi connectivity index (χ3v) is 8.41. The molecule has 272 valence electrons. The van der Waals surface area contributed by atoms with E-state index in [1.54, 1.807) is 12.1 Å². The molecular weight excluding hydrogens is 703 g/mol. The Bertz CT molecular complexity index is 1860. The summed E-state index contributed by atoms with van der Waals surface area (Å²) in [6, 6.07) is 8.73. The number of alkyl carbamates (subject to hydrolysis) is 1. The molecule has 2 aromatic carbocycles. The third kappa shape index (κ3) is 8.61. The summed E-state index contributed by atoms with van der Waals surface area (Å²) < 4.78 is 76.1. The first-order valence-electron chi connectivity index (χ1n) is 15.6. The van der Waals surface area contributed by atoms with Gasteiger partial charge in [-0.15, -0.1) is 0 Å². The summed E-state index contributed by atoms with van der Waals surface area (Å²) in [5.74, 6) is -1.93. The molecule has 4 aromatic rings. The van der Waals surface area contributed by atoms with E-state index in [0.29, 0.717) is 12.1 Å². The van der Waals surface area contributed by atoms with Crippen molar-refractivity contribution in [3.05, 3.63) is 83.4 Å². The zero-order valence-corrected chi connectivity index (χ0v) is 28.3. The van der Waals surface area contributed by atoms with Crippen molar-refractivity contribution in [1.29, 1.82) is 5.41 Å². The largest absolute Gasteiger partial charge is 0.447 e. The second-order valence-electron chi connectivity index (χ2n) is 13.0. The Hall–Kier alpha value is -5.13. The van der Waals surface area contributed by atoms with Crippen molar-refractivity contribution in [3.8, 4) is 11.4 Å². The van der Waals surface area contributed by atoms with Crippen LogP contribution in [0, 0.1) is 10.8 Å². The molecule has 2 amide bonds. The predicted octanol–water partition coefficient (Wildman–Crippen LogP) is 6.40. The van der Waals surface area contributed by atoms with Crippen LogP contribution in [-0.2, 0) is 4.74 Å². The van der Waals surface area contributed by atoms with Gasteiger partial charge in [-0.3, -0.25) is 15.1 Å². The summed E-state index contributed by atoms with van der Waals surface area (Å²) in [5, 5.41) is 21.7. The summed E-state index contributed by atoms with van der Waals surface area (Å²) in [5.41, 5.74) is -1.92. The lowest BCUT2D eigenvalue weighted by molar-refractivity contribution is -0.164. The molecule has 2 aromatic heterocycles. The average molecular weight is 737 g/mol. The monoisotopic (exact) mass is 736 g/mol. The molecule has 5 rings (SSSR count). The summed E-state index contributed by atoms with van der Waals surface area (Å²) in [4.78, 5) is 35.6. The number of hydrogen-bond acceptors (Lipinski definition) is 8. The molecule has 1 saturated carbocycles. The molecule has 0 saturated heterocycles. The zero-order valence-electron chi connectivity index (χ0n) is 27.6. The number of carbonyl (C=O) groups excluding carboxylic acids is 2. The summed E-state index contributed by atoms with van der Waals surface area (Å²) in [6.45, 7) is 5.42. The Labute approximate surface area is 293 Å². The number of guanidine groups is 1. The van der Waals surface area contributed by atoms with E-state index in [4.69, 9.17) is 21.7 Å². The van der Waals surface area contributed by atoms with E-state index in [1.807, 2.05) is 26.1 Å². The molecule has 1 atom stereocenters. The number of nitrogens with one attached hydrogen (secondary N) is 3. The van der Waals surface area contributed by atoms with Crippen LogP contribution in [0.2, 0.25) is 5.02 Å². The lowest BCUT2D eigenvalue weighted by Crippen LogP contribution is -2.50. The van der Waals surface area contributed by atoms with Crippen LogP contribution < -0.4 is 10.6 Å². The number of aromatic nitrogens is 6. The molecule has 1 aliphatic carbocycles. The fourth-order valence-electron chi connectivity index (χ4n) is 5.07. The minimum Gasteiger partial charge on any atom is -0.447 e. The fraction of sp³-hybridized carbons (Fsp3) is 0.406. The Balaban J connectivity index is 1.56. The van der Waals surface area contributed by atoms with Gasteiger partial charge in [0.15, 0.2) is 11.8 Å². The van der Waals surface area contributed by atoms with Crippen LogP contribution in [0.3, 0.4) is 0 Å². The molecule has 2 heterocycles. The number of nitrogens with zero attached hydrogens (tertiary/aromatic N) is 7. The zero-order chi connectivity index (χ0) is 37.1. The second kappa shape index (κ2) is 14.6. The molecule has 0 aliphatic heterocycles. The van der Waals surface area contributed by atoms with Gasteiger partial charge in [0, 0.05) is 12.1 Å². The van der Waals surface area contributed by atoms with Crippen molar-refractivity contribution < 1.29 is 36.3 Å². The van der Waals surface area contributed by atoms with Gasteiger partial charge in [-0.2, -0.15) is 23.4 Å². The highest BCUT2D eigenvalue weighted by molar-refractivity contribution is 6.32. The molecule has 0 radical (unpaired) electrons. The van der Waals surface area contributed by atoms with Crippen LogP contribution in [0.15, 0.2) is 61.4 Å². The molecule has 0 unspecified atom stereocenters. The number of carbonyl (C=O) groups is 2. The third-order valence-electron chi connectivity index (χ3n) is 8.10. The number of amides is 2. The molecule has 1 aliphatic rings. The minimum atomic E-state index is -4.73. The number of halogens is 6. The molecule has 51 heavy (non-hydrogen) atoms. The lowest BCUT2D eigenvalue weighted by atomic mass is 9.92. The normalized spacial score (nSPS) is 14.5. The van der Waals surface area contributed by atoms with Crippen LogP contribution >= 0.6 is 11.6 Å². The predicted molar refractivity (Wildman–Crippen MR) is 174 cm³/mol. The van der Waals surface area contributed by atoms with Crippen molar-refractivity contribution in [1.82, 2.24) is 45.1 Å². The Morgan fingerprint density at radius 3 is 2.37 bits per heavy atom. The highest BCUT2D eigenvalue weighted by atomic mass is 35.5. The number of rotatable bonds is 11. The maximum atomic E-state index is 14.4. The molecule has 0 bridgehead atoms. The Morgan fingerprint density at radius 1 is 1.08 bits per heavy atom. The van der Waals surface area contributed by atoms with E-state index in [0.717, 1.165) is 15.9 Å². The molecule has 13 nitrogen and oxygen atoms in total. The molecule has 1 fully saturated rings. The van der Waals surface area contributed by atoms with E-state index in [1.165, 1.54) is 47.7 Å². The summed E-state index contributed by atoms with van der Waals surface area (Å²) >= 11 is 6.41. The second-order valence-corrected chi connectivity index (χ2v) is 13.4. The van der Waals surface area contributed by atoms with Crippen LogP contribution in [-0.4, -0.2) is 77.3 Å². The van der Waals surface area contributed by atoms with Crippen molar-refractivity contribution in [2.75, 3.05) is 13.2 Å². The first-order valence-corrected chi connectivity index (χ1v) is 16.0. The van der Waals surface area contributed by atoms with Gasteiger partial charge in [0.2, 0.25) is 0 Å². The highest BCUT2D eigenvalue weighted by Gasteiger charge is 2.64. The van der Waals surface area contributed by atoms with Crippen LogP contribution in [0.5, 0.6) is 0 Å². The Morgan fingerprint density at radius 2 is 1.78 bits per heavy atom. The maximum absolute atomic E-state index is 14.4. The first kappa shape index (κ1) is 37.1. The van der Waals surface area contributed by atoms with E-state index in [2.05, 4.69) is 25.5 Å². The van der Waals surface area contributed by atoms with Crippen molar-refractivity contribution in [2.24, 2.45) is 5.41 Å². The van der Waals surface area contributed by atoms with Gasteiger partial charge in [-0.25, -0.2) is 32.9 Å². The fourth-order valence-corrected chi connectivity index (χ4v) is 5.27. The highest BCUT2D eigenvalue weighted by Crippen LogP contribution is 2.49. The van der Waals surface area contributed by atoms with Gasteiger partial charge in [0.05, 0.1) is 22.4 Å². The minimum absolute atomic E-state index is 0.0376. The first-order chi connectivity index (χ1) is 24.0. The van der Waals surface area contributed by atoms with Crippen LogP contribution in [0.25, 0.3) is 11.4 Å².